The number of sulfonamides is 1. The molecule has 0 bridgehead atoms. The Kier molecular flexibility index (Phi) is 5.08. The van der Waals surface area contributed by atoms with Gasteiger partial charge >= 0.3 is 0 Å². The Hall–Kier alpha value is -1.000. The molecular weight excluding hydrogens is 414 g/mol. The lowest BCUT2D eigenvalue weighted by molar-refractivity contribution is -0.120. The van der Waals surface area contributed by atoms with Gasteiger partial charge in [0.15, 0.2) is 5.13 Å². The maximum atomic E-state index is 12.8. The number of aryl methyl sites for hydroxylation is 2. The number of rotatable bonds is 4. The molecule has 1 fully saturated rings. The minimum atomic E-state index is -3.60. The molecule has 0 spiro atoms. The van der Waals surface area contributed by atoms with Crippen molar-refractivity contribution in [2.24, 2.45) is 5.92 Å². The molecule has 10 heteroatoms. The first-order valence-corrected chi connectivity index (χ1v) is 11.9. The van der Waals surface area contributed by atoms with E-state index in [1.807, 2.05) is 0 Å². The third-order valence-corrected chi connectivity index (χ3v) is 9.36. The molecule has 2 aromatic rings. The second-order valence-corrected chi connectivity index (χ2v) is 11.5. The Morgan fingerprint density at radius 2 is 2.12 bits per heavy atom. The Balaban J connectivity index is 1.45. The van der Waals surface area contributed by atoms with Crippen molar-refractivity contribution in [3.8, 4) is 0 Å². The highest BCUT2D eigenvalue weighted by Crippen LogP contribution is 2.33. The summed E-state index contributed by atoms with van der Waals surface area (Å²) in [6.45, 7) is 0.613. The van der Waals surface area contributed by atoms with E-state index < -0.39 is 10.0 Å². The van der Waals surface area contributed by atoms with Gasteiger partial charge in [0.05, 0.1) is 15.9 Å². The van der Waals surface area contributed by atoms with Crippen molar-refractivity contribution >= 4 is 55.3 Å². The molecular formula is C16H18ClN3O3S3. The van der Waals surface area contributed by atoms with Gasteiger partial charge in [0.2, 0.25) is 5.91 Å². The first kappa shape index (κ1) is 18.4. The summed E-state index contributed by atoms with van der Waals surface area (Å²) in [5.41, 5.74) is 1.09. The van der Waals surface area contributed by atoms with Crippen LogP contribution in [0.4, 0.5) is 5.13 Å². The summed E-state index contributed by atoms with van der Waals surface area (Å²) in [4.78, 5) is 18.4. The third kappa shape index (κ3) is 3.55. The van der Waals surface area contributed by atoms with E-state index in [1.165, 1.54) is 26.6 Å². The van der Waals surface area contributed by atoms with Crippen LogP contribution in [0.25, 0.3) is 0 Å². The number of hydrogen-bond donors (Lipinski definition) is 1. The molecule has 1 unspecified atom stereocenters. The molecule has 1 N–H and O–H groups in total. The van der Waals surface area contributed by atoms with Gasteiger partial charge in [0, 0.05) is 18.0 Å². The SMILES string of the molecule is O=C(Nc1nc2c(s1)CCC2)C1CCCN(S(=O)(=O)c2ccc(Cl)s2)C1. The normalized spacial score (nSPS) is 20.9. The van der Waals surface area contributed by atoms with Gasteiger partial charge in [-0.2, -0.15) is 4.31 Å². The standard InChI is InChI=1S/C16H18ClN3O3S3/c17-13-6-7-14(25-13)26(22,23)20-8-2-3-10(9-20)15(21)19-16-18-11-4-1-5-12(11)24-16/h6-7,10H,1-5,8-9H2,(H,18,19,21). The highest BCUT2D eigenvalue weighted by molar-refractivity contribution is 7.91. The number of thiazole rings is 1. The molecule has 1 aliphatic heterocycles. The average molecular weight is 432 g/mol. The van der Waals surface area contributed by atoms with Crippen LogP contribution in [0.3, 0.4) is 0 Å². The Bertz CT molecular complexity index is 916. The molecule has 26 heavy (non-hydrogen) atoms. The van der Waals surface area contributed by atoms with Crippen LogP contribution in [-0.2, 0) is 27.7 Å². The summed E-state index contributed by atoms with van der Waals surface area (Å²) in [5.74, 6) is -0.519. The number of nitrogens with one attached hydrogen (secondary N) is 1. The summed E-state index contributed by atoms with van der Waals surface area (Å²) >= 11 is 8.45. The topological polar surface area (TPSA) is 79.4 Å². The number of aromatic nitrogens is 1. The van der Waals surface area contributed by atoms with Gasteiger partial charge in [-0.25, -0.2) is 13.4 Å². The van der Waals surface area contributed by atoms with E-state index >= 15 is 0 Å². The van der Waals surface area contributed by atoms with Crippen molar-refractivity contribution in [1.82, 2.24) is 9.29 Å². The van der Waals surface area contributed by atoms with Crippen molar-refractivity contribution in [3.63, 3.8) is 0 Å². The first-order valence-electron chi connectivity index (χ1n) is 8.48. The fraction of sp³-hybridized carbons (Fsp3) is 0.500. The summed E-state index contributed by atoms with van der Waals surface area (Å²) in [6.07, 6.45) is 4.46. The predicted octanol–water partition coefficient (Wildman–Crippen LogP) is 3.39. The monoisotopic (exact) mass is 431 g/mol. The minimum absolute atomic E-state index is 0.151. The maximum Gasteiger partial charge on any atom is 0.252 e. The second-order valence-electron chi connectivity index (χ2n) is 6.49. The lowest BCUT2D eigenvalue weighted by Gasteiger charge is -2.30. The number of piperidine rings is 1. The summed E-state index contributed by atoms with van der Waals surface area (Å²) in [6, 6.07) is 3.10. The average Bonchev–Trinajstić information content (AvgIpc) is 3.31. The molecule has 6 nitrogen and oxygen atoms in total. The van der Waals surface area contributed by atoms with Gasteiger partial charge in [-0.1, -0.05) is 11.6 Å². The van der Waals surface area contributed by atoms with Gasteiger partial charge in [-0.15, -0.1) is 22.7 Å². The molecule has 2 aromatic heterocycles. The van der Waals surface area contributed by atoms with Crippen LogP contribution in [-0.4, -0.2) is 36.7 Å². The summed E-state index contributed by atoms with van der Waals surface area (Å²) in [5, 5.41) is 3.51. The largest absolute Gasteiger partial charge is 0.302 e. The van der Waals surface area contributed by atoms with Gasteiger partial charge in [0.25, 0.3) is 10.0 Å². The fourth-order valence-corrected chi connectivity index (χ4v) is 7.60. The van der Waals surface area contributed by atoms with Crippen LogP contribution >= 0.6 is 34.3 Å². The molecule has 1 aliphatic carbocycles. The first-order chi connectivity index (χ1) is 12.4. The lowest BCUT2D eigenvalue weighted by atomic mass is 9.99. The zero-order chi connectivity index (χ0) is 18.3. The van der Waals surface area contributed by atoms with Crippen LogP contribution in [0.5, 0.6) is 0 Å². The molecule has 140 valence electrons. The number of nitrogens with zero attached hydrogens (tertiary/aromatic N) is 2. The molecule has 1 amide bonds. The number of carbonyl (C=O) groups is 1. The minimum Gasteiger partial charge on any atom is -0.302 e. The van der Waals surface area contributed by atoms with E-state index in [-0.39, 0.29) is 22.6 Å². The fourth-order valence-electron chi connectivity index (χ4n) is 3.39. The predicted molar refractivity (Wildman–Crippen MR) is 104 cm³/mol. The van der Waals surface area contributed by atoms with E-state index in [9.17, 15) is 13.2 Å². The molecule has 1 atom stereocenters. The molecule has 3 heterocycles. The lowest BCUT2D eigenvalue weighted by Crippen LogP contribution is -2.43. The zero-order valence-electron chi connectivity index (χ0n) is 13.9. The quantitative estimate of drug-likeness (QED) is 0.804. The number of halogens is 1. The van der Waals surface area contributed by atoms with Crippen LogP contribution in [0.2, 0.25) is 4.34 Å². The van der Waals surface area contributed by atoms with Crippen LogP contribution < -0.4 is 5.32 Å². The Morgan fingerprint density at radius 1 is 1.27 bits per heavy atom. The smallest absolute Gasteiger partial charge is 0.252 e. The zero-order valence-corrected chi connectivity index (χ0v) is 17.1. The van der Waals surface area contributed by atoms with Crippen LogP contribution in [0, 0.1) is 5.92 Å². The molecule has 1 saturated heterocycles. The summed E-state index contributed by atoms with van der Waals surface area (Å²) < 4.78 is 27.6. The molecule has 2 aliphatic rings. The molecule has 0 saturated carbocycles. The second kappa shape index (κ2) is 7.20. The van der Waals surface area contributed by atoms with Gasteiger partial charge in [-0.3, -0.25) is 4.79 Å². The molecule has 4 rings (SSSR count). The van der Waals surface area contributed by atoms with E-state index in [1.54, 1.807) is 6.07 Å². The Labute approximate surface area is 165 Å². The highest BCUT2D eigenvalue weighted by Gasteiger charge is 2.34. The van der Waals surface area contributed by atoms with Crippen molar-refractivity contribution in [1.29, 1.82) is 0 Å². The number of anilines is 1. The van der Waals surface area contributed by atoms with Gasteiger partial charge in [-0.05, 0) is 44.2 Å². The number of hydrogen-bond acceptors (Lipinski definition) is 6. The van der Waals surface area contributed by atoms with Crippen molar-refractivity contribution < 1.29 is 13.2 Å². The van der Waals surface area contributed by atoms with E-state index in [4.69, 9.17) is 11.6 Å². The van der Waals surface area contributed by atoms with Crippen molar-refractivity contribution in [2.45, 2.75) is 36.3 Å². The van der Waals surface area contributed by atoms with E-state index in [0.29, 0.717) is 28.9 Å². The van der Waals surface area contributed by atoms with E-state index in [0.717, 1.165) is 36.3 Å². The molecule has 0 aromatic carbocycles. The number of thiophene rings is 1. The van der Waals surface area contributed by atoms with Gasteiger partial charge in [0.1, 0.15) is 4.21 Å². The van der Waals surface area contributed by atoms with Crippen molar-refractivity contribution in [2.75, 3.05) is 18.4 Å². The maximum absolute atomic E-state index is 12.8. The third-order valence-electron chi connectivity index (χ3n) is 4.72. The van der Waals surface area contributed by atoms with Gasteiger partial charge < -0.3 is 5.32 Å². The van der Waals surface area contributed by atoms with Crippen LogP contribution in [0.15, 0.2) is 16.3 Å². The summed E-state index contributed by atoms with van der Waals surface area (Å²) in [7, 11) is -3.60. The number of carbonyl (C=O) groups excluding carboxylic acids is 1. The Morgan fingerprint density at radius 3 is 2.85 bits per heavy atom. The number of amides is 1. The van der Waals surface area contributed by atoms with Crippen LogP contribution in [0.1, 0.15) is 29.8 Å². The number of fused-ring (bicyclic) bond motifs is 1. The van der Waals surface area contributed by atoms with E-state index in [2.05, 4.69) is 10.3 Å². The van der Waals surface area contributed by atoms with Crippen molar-refractivity contribution in [3.05, 3.63) is 27.0 Å². The highest BCUT2D eigenvalue weighted by atomic mass is 35.5. The molecule has 0 radical (unpaired) electrons.